The Hall–Kier alpha value is -7.99. The molecule has 442 valence electrons. The van der Waals surface area contributed by atoms with Gasteiger partial charge in [-0.1, -0.05) is 245 Å². The van der Waals surface area contributed by atoms with Gasteiger partial charge < -0.3 is 9.80 Å². The monoisotopic (exact) mass is 1220 g/mol. The molecule has 0 heterocycles. The van der Waals surface area contributed by atoms with E-state index in [4.69, 9.17) is 0 Å². The first-order chi connectivity index (χ1) is 41.6. The highest BCUT2D eigenvalue weighted by Crippen LogP contribution is 2.52. The van der Waals surface area contributed by atoms with E-state index in [-0.39, 0.29) is 11.6 Å². The van der Waals surface area contributed by atoms with Crippen LogP contribution in [0.1, 0.15) is 22.3 Å². The lowest BCUT2D eigenvalue weighted by atomic mass is 9.90. The molecule has 12 rings (SSSR count). The predicted molar refractivity (Wildman–Crippen MR) is 392 cm³/mol. The van der Waals surface area contributed by atoms with E-state index >= 15 is 8.78 Å². The van der Waals surface area contributed by atoms with Crippen LogP contribution in [0.15, 0.2) is 206 Å². The third-order valence-corrected chi connectivity index (χ3v) is 26.2. The zero-order valence-corrected chi connectivity index (χ0v) is 58.3. The lowest BCUT2D eigenvalue weighted by Crippen LogP contribution is -2.37. The van der Waals surface area contributed by atoms with Gasteiger partial charge in [-0.3, -0.25) is 0 Å². The smallest absolute Gasteiger partial charge is 0.148 e. The van der Waals surface area contributed by atoms with E-state index in [9.17, 15) is 0 Å². The molecule has 0 aliphatic heterocycles. The summed E-state index contributed by atoms with van der Waals surface area (Å²) in [6, 6.07) is 74.1. The second kappa shape index (κ2) is 22.6. The maximum atomic E-state index is 18.5. The van der Waals surface area contributed by atoms with Crippen LogP contribution in [-0.4, -0.2) is 32.3 Å². The van der Waals surface area contributed by atoms with Crippen LogP contribution in [0.5, 0.6) is 0 Å². The molecule has 0 radical (unpaired) electrons. The lowest BCUT2D eigenvalue weighted by molar-refractivity contribution is 0.629. The highest BCUT2D eigenvalue weighted by molar-refractivity contribution is 6.90. The van der Waals surface area contributed by atoms with Crippen LogP contribution < -0.4 is 30.5 Å². The SMILES string of the molecule is Cc1cc(C)cc(N(c2c(F)cc(-c3ccc([Si](C)(C)C)cc3)cc2-c2ccc([Si](C)(C)C)cc2)c2ccc3ccc4c(N(c5cc(C)cc(C)c5)c5c(F)cc(-c6ccc([Si](C)(C)C)cc6)cc5-c5ccc([Si](C)(C)C)cc5)ccc5ccc2c3c54)c1. The van der Waals surface area contributed by atoms with Gasteiger partial charge in [-0.15, -0.1) is 0 Å². The van der Waals surface area contributed by atoms with Crippen LogP contribution >= 0.6 is 0 Å². The van der Waals surface area contributed by atoms with Gasteiger partial charge in [0.25, 0.3) is 0 Å². The number of halogens is 2. The van der Waals surface area contributed by atoms with Gasteiger partial charge in [0.05, 0.1) is 55.0 Å². The minimum absolute atomic E-state index is 0.310. The highest BCUT2D eigenvalue weighted by atomic mass is 28.3. The molecule has 12 aromatic rings. The number of nitrogens with zero attached hydrogens (tertiary/aromatic N) is 2. The molecule has 2 nitrogen and oxygen atoms in total. The zero-order valence-electron chi connectivity index (χ0n) is 54.3. The van der Waals surface area contributed by atoms with Gasteiger partial charge in [-0.2, -0.15) is 0 Å². The first-order valence-corrected chi connectivity index (χ1v) is 45.2. The van der Waals surface area contributed by atoms with Crippen molar-refractivity contribution in [3.05, 3.63) is 240 Å². The van der Waals surface area contributed by atoms with Crippen molar-refractivity contribution in [1.82, 2.24) is 0 Å². The topological polar surface area (TPSA) is 6.48 Å². The Balaban J connectivity index is 1.12. The molecule has 0 unspecified atom stereocenters. The molecule has 0 aliphatic rings. The number of rotatable bonds is 14. The number of anilines is 6. The van der Waals surface area contributed by atoms with E-state index in [1.165, 1.54) is 20.7 Å². The van der Waals surface area contributed by atoms with Crippen molar-refractivity contribution >= 4 is 119 Å². The van der Waals surface area contributed by atoms with Gasteiger partial charge >= 0.3 is 0 Å². The number of hydrogen-bond acceptors (Lipinski definition) is 2. The molecule has 0 aliphatic carbocycles. The summed E-state index contributed by atoms with van der Waals surface area (Å²) in [4.78, 5) is 4.36. The lowest BCUT2D eigenvalue weighted by Gasteiger charge is -2.32. The van der Waals surface area contributed by atoms with Crippen molar-refractivity contribution in [3.8, 4) is 44.5 Å². The van der Waals surface area contributed by atoms with Crippen molar-refractivity contribution in [2.75, 3.05) is 9.80 Å². The Morgan fingerprint density at radius 2 is 0.545 bits per heavy atom. The highest BCUT2D eigenvalue weighted by Gasteiger charge is 2.30. The van der Waals surface area contributed by atoms with Gasteiger partial charge in [-0.25, -0.2) is 8.78 Å². The van der Waals surface area contributed by atoms with E-state index in [1.807, 2.05) is 0 Å². The van der Waals surface area contributed by atoms with E-state index in [0.717, 1.165) is 122 Å². The summed E-state index contributed by atoms with van der Waals surface area (Å²) in [5.41, 5.74) is 15.9. The van der Waals surface area contributed by atoms with E-state index < -0.39 is 32.3 Å². The maximum Gasteiger partial charge on any atom is 0.148 e. The minimum Gasteiger partial charge on any atom is -0.307 e. The first-order valence-electron chi connectivity index (χ1n) is 31.2. The molecule has 0 saturated heterocycles. The van der Waals surface area contributed by atoms with Crippen LogP contribution in [0.2, 0.25) is 78.6 Å². The number of aryl methyl sites for hydroxylation is 4. The molecule has 0 saturated carbocycles. The third kappa shape index (κ3) is 11.6. The minimum atomic E-state index is -1.68. The van der Waals surface area contributed by atoms with Crippen molar-refractivity contribution in [2.45, 2.75) is 106 Å². The average molecular weight is 1220 g/mol. The fraction of sp³-hybridized carbons (Fsp3) is 0.200. The number of hydrogen-bond donors (Lipinski definition) is 0. The first kappa shape index (κ1) is 60.3. The Bertz CT molecular complexity index is 4300. The van der Waals surface area contributed by atoms with Crippen LogP contribution in [0.4, 0.5) is 42.9 Å². The molecule has 0 amide bonds. The van der Waals surface area contributed by atoms with Gasteiger partial charge in [-0.05, 0) is 166 Å². The van der Waals surface area contributed by atoms with Crippen LogP contribution in [0.25, 0.3) is 76.8 Å². The fourth-order valence-electron chi connectivity index (χ4n) is 13.1. The van der Waals surface area contributed by atoms with Gasteiger partial charge in [0.15, 0.2) is 0 Å². The molecule has 0 atom stereocenters. The van der Waals surface area contributed by atoms with E-state index in [0.29, 0.717) is 11.4 Å². The second-order valence-corrected chi connectivity index (χ2v) is 49.3. The normalized spacial score (nSPS) is 12.4. The Kier molecular flexibility index (Phi) is 15.5. The summed E-state index contributed by atoms with van der Waals surface area (Å²) in [7, 11) is -6.53. The molecular weight excluding hydrogens is 1140 g/mol. The standard InChI is InChI=1S/C80H82F2N2Si4/c1-51-41-52(2)44-63(43-51)83(79-71(57-21-33-67(34-22-57)87(11,12)13)47-61(49-73(79)81)55-17-29-65(30-18-55)85(5,6)7)75-39-27-59-26-38-70-76(40-28-60-25-37-69(75)77(59)78(60)70)84(64-45-53(3)42-54(4)46-64)80-72(58-23-35-68(36-24-58)88(14,15)16)48-62(50-74(80)82)56-19-31-66(32-20-56)86(8,9)10/h17-50H,1-16H3. The molecule has 12 aromatic carbocycles. The van der Waals surface area contributed by atoms with E-state index in [2.05, 4.69) is 310 Å². The van der Waals surface area contributed by atoms with Gasteiger partial charge in [0, 0.05) is 33.3 Å². The molecular formula is C80H82F2N2Si4. The second-order valence-electron chi connectivity index (χ2n) is 29.0. The van der Waals surface area contributed by atoms with E-state index in [1.54, 1.807) is 12.1 Å². The number of benzene rings is 12. The Morgan fingerprint density at radius 3 is 0.830 bits per heavy atom. The summed E-state index contributed by atoms with van der Waals surface area (Å²) < 4.78 is 37.1. The largest absolute Gasteiger partial charge is 0.307 e. The summed E-state index contributed by atoms with van der Waals surface area (Å²) in [6.45, 7) is 36.9. The van der Waals surface area contributed by atoms with Crippen LogP contribution in [0.3, 0.4) is 0 Å². The Morgan fingerprint density at radius 1 is 0.273 bits per heavy atom. The Labute approximate surface area is 525 Å². The molecule has 0 fully saturated rings. The van der Waals surface area contributed by atoms with Crippen molar-refractivity contribution in [3.63, 3.8) is 0 Å². The van der Waals surface area contributed by atoms with Crippen molar-refractivity contribution < 1.29 is 8.78 Å². The average Bonchev–Trinajstić information content (AvgIpc) is 0.732. The van der Waals surface area contributed by atoms with Gasteiger partial charge in [0.2, 0.25) is 0 Å². The molecule has 0 bridgehead atoms. The summed E-state index contributed by atoms with van der Waals surface area (Å²) in [5, 5.41) is 11.6. The molecule has 0 spiro atoms. The zero-order chi connectivity index (χ0) is 62.5. The molecule has 0 aromatic heterocycles. The van der Waals surface area contributed by atoms with Crippen LogP contribution in [0, 0.1) is 39.3 Å². The molecule has 88 heavy (non-hydrogen) atoms. The fourth-order valence-corrected chi connectivity index (χ4v) is 17.8. The van der Waals surface area contributed by atoms with Crippen molar-refractivity contribution in [1.29, 1.82) is 0 Å². The van der Waals surface area contributed by atoms with Crippen LogP contribution in [-0.2, 0) is 0 Å². The third-order valence-electron chi connectivity index (χ3n) is 17.9. The molecule has 8 heteroatoms. The summed E-state index contributed by atoms with van der Waals surface area (Å²) >= 11 is 0. The maximum absolute atomic E-state index is 18.5. The molecule has 0 N–H and O–H groups in total. The van der Waals surface area contributed by atoms with Crippen molar-refractivity contribution in [2.24, 2.45) is 0 Å². The summed E-state index contributed by atoms with van der Waals surface area (Å²) in [6.07, 6.45) is 0. The van der Waals surface area contributed by atoms with Gasteiger partial charge in [0.1, 0.15) is 11.6 Å². The quantitative estimate of drug-likeness (QED) is 0.0791. The summed E-state index contributed by atoms with van der Waals surface area (Å²) in [5.74, 6) is -0.621. The predicted octanol–water partition coefficient (Wildman–Crippen LogP) is 21.9.